The molecule has 1 N–H and O–H groups in total. The monoisotopic (exact) mass is 283 g/mol. The van der Waals surface area contributed by atoms with Crippen molar-refractivity contribution in [2.75, 3.05) is 5.32 Å². The minimum absolute atomic E-state index is 0.766. The summed E-state index contributed by atoms with van der Waals surface area (Å²) in [6, 6.07) is 11.7. The second-order valence-corrected chi connectivity index (χ2v) is 5.34. The number of benzene rings is 1. The first kappa shape index (κ1) is 12.6. The standard InChI is InChI=1S/C15H13N3OS/c1-11-3-2-4-13(9-11)16-15-17-14(10-20-15)12-5-7-18(19)8-6-12/h2-10H,1H3,(H,16,17). The number of anilines is 2. The van der Waals surface area contributed by atoms with Crippen LogP contribution in [0.3, 0.4) is 0 Å². The maximum absolute atomic E-state index is 11.0. The molecule has 3 rings (SSSR count). The fourth-order valence-corrected chi connectivity index (χ4v) is 2.63. The Morgan fingerprint density at radius 2 is 2.00 bits per heavy atom. The summed E-state index contributed by atoms with van der Waals surface area (Å²) in [6.07, 6.45) is 2.95. The van der Waals surface area contributed by atoms with Crippen LogP contribution in [0.1, 0.15) is 5.56 Å². The molecule has 0 radical (unpaired) electrons. The van der Waals surface area contributed by atoms with Crippen LogP contribution in [0.25, 0.3) is 11.3 Å². The summed E-state index contributed by atoms with van der Waals surface area (Å²) in [5.74, 6) is 0. The number of hydrogen-bond acceptors (Lipinski definition) is 4. The van der Waals surface area contributed by atoms with Crippen molar-refractivity contribution in [3.63, 3.8) is 0 Å². The summed E-state index contributed by atoms with van der Waals surface area (Å²) in [6.45, 7) is 2.06. The van der Waals surface area contributed by atoms with E-state index in [0.717, 1.165) is 26.8 Å². The normalized spacial score (nSPS) is 10.4. The van der Waals surface area contributed by atoms with E-state index in [-0.39, 0.29) is 0 Å². The Balaban J connectivity index is 1.82. The number of aryl methyl sites for hydroxylation is 1. The van der Waals surface area contributed by atoms with Crippen molar-refractivity contribution in [2.45, 2.75) is 6.92 Å². The van der Waals surface area contributed by atoms with Crippen molar-refractivity contribution in [1.82, 2.24) is 4.98 Å². The van der Waals surface area contributed by atoms with Gasteiger partial charge in [0.25, 0.3) is 0 Å². The van der Waals surface area contributed by atoms with Crippen LogP contribution in [-0.2, 0) is 0 Å². The minimum atomic E-state index is 0.766. The first-order chi connectivity index (χ1) is 9.70. The third-order valence-electron chi connectivity index (χ3n) is 2.87. The van der Waals surface area contributed by atoms with E-state index in [0.29, 0.717) is 0 Å². The van der Waals surface area contributed by atoms with Gasteiger partial charge in [-0.25, -0.2) is 4.98 Å². The largest absolute Gasteiger partial charge is 0.619 e. The Bertz CT molecular complexity index is 722. The third kappa shape index (κ3) is 2.78. The topological polar surface area (TPSA) is 51.9 Å². The molecule has 0 amide bonds. The summed E-state index contributed by atoms with van der Waals surface area (Å²) in [4.78, 5) is 4.53. The Morgan fingerprint density at radius 3 is 2.75 bits per heavy atom. The van der Waals surface area contributed by atoms with Gasteiger partial charge in [0, 0.05) is 28.8 Å². The van der Waals surface area contributed by atoms with E-state index in [1.807, 2.05) is 17.5 Å². The maximum Gasteiger partial charge on any atom is 0.187 e. The molecular formula is C15H13N3OS. The van der Waals surface area contributed by atoms with Gasteiger partial charge in [0.1, 0.15) is 0 Å². The van der Waals surface area contributed by atoms with Gasteiger partial charge in [-0.3, -0.25) is 0 Å². The van der Waals surface area contributed by atoms with Crippen LogP contribution in [0, 0.1) is 12.1 Å². The molecule has 0 saturated carbocycles. The van der Waals surface area contributed by atoms with E-state index >= 15 is 0 Å². The molecule has 100 valence electrons. The van der Waals surface area contributed by atoms with Crippen molar-refractivity contribution in [3.8, 4) is 11.3 Å². The molecule has 0 atom stereocenters. The molecule has 0 spiro atoms. The van der Waals surface area contributed by atoms with Crippen LogP contribution < -0.4 is 10.0 Å². The Morgan fingerprint density at radius 1 is 1.20 bits per heavy atom. The average molecular weight is 283 g/mol. The predicted molar refractivity (Wildman–Crippen MR) is 81.0 cm³/mol. The lowest BCUT2D eigenvalue weighted by Crippen LogP contribution is -2.23. The van der Waals surface area contributed by atoms with Gasteiger partial charge in [-0.15, -0.1) is 11.3 Å². The second kappa shape index (κ2) is 5.30. The molecule has 5 heteroatoms. The molecular weight excluding hydrogens is 270 g/mol. The third-order valence-corrected chi connectivity index (χ3v) is 3.63. The van der Waals surface area contributed by atoms with Crippen LogP contribution in [0.2, 0.25) is 0 Å². The number of nitrogens with one attached hydrogen (secondary N) is 1. The zero-order valence-electron chi connectivity index (χ0n) is 10.9. The van der Waals surface area contributed by atoms with Gasteiger partial charge in [0.2, 0.25) is 0 Å². The van der Waals surface area contributed by atoms with Crippen molar-refractivity contribution in [2.24, 2.45) is 0 Å². The molecule has 0 bridgehead atoms. The van der Waals surface area contributed by atoms with Gasteiger partial charge in [0.15, 0.2) is 17.5 Å². The Labute approximate surface area is 120 Å². The van der Waals surface area contributed by atoms with Crippen LogP contribution in [-0.4, -0.2) is 4.98 Å². The summed E-state index contributed by atoms with van der Waals surface area (Å²) < 4.78 is 0.766. The molecule has 0 fully saturated rings. The molecule has 20 heavy (non-hydrogen) atoms. The van der Waals surface area contributed by atoms with Crippen molar-refractivity contribution in [1.29, 1.82) is 0 Å². The lowest BCUT2D eigenvalue weighted by Gasteiger charge is -2.03. The van der Waals surface area contributed by atoms with E-state index in [1.54, 1.807) is 23.5 Å². The number of aromatic nitrogens is 2. The molecule has 4 nitrogen and oxygen atoms in total. The van der Waals surface area contributed by atoms with Crippen molar-refractivity contribution in [3.05, 3.63) is 64.9 Å². The molecule has 1 aromatic carbocycles. The van der Waals surface area contributed by atoms with Gasteiger partial charge in [-0.05, 0) is 24.6 Å². The smallest absolute Gasteiger partial charge is 0.187 e. The van der Waals surface area contributed by atoms with Crippen molar-refractivity contribution >= 4 is 22.2 Å². The van der Waals surface area contributed by atoms with Crippen molar-refractivity contribution < 1.29 is 4.73 Å². The quantitative estimate of drug-likeness (QED) is 0.591. The molecule has 0 aliphatic rings. The van der Waals surface area contributed by atoms with Gasteiger partial charge >= 0.3 is 0 Å². The lowest BCUT2D eigenvalue weighted by atomic mass is 10.2. The zero-order valence-corrected chi connectivity index (χ0v) is 11.7. The Hall–Kier alpha value is -2.40. The van der Waals surface area contributed by atoms with Crippen LogP contribution in [0.15, 0.2) is 54.2 Å². The molecule has 2 aromatic heterocycles. The Kier molecular flexibility index (Phi) is 3.35. The van der Waals surface area contributed by atoms with E-state index < -0.39 is 0 Å². The maximum atomic E-state index is 11.0. The van der Waals surface area contributed by atoms with E-state index in [2.05, 4.69) is 29.4 Å². The van der Waals surface area contributed by atoms with Crippen LogP contribution in [0.5, 0.6) is 0 Å². The van der Waals surface area contributed by atoms with Gasteiger partial charge in [0.05, 0.1) is 5.69 Å². The number of rotatable bonds is 3. The number of thiazole rings is 1. The van der Waals surface area contributed by atoms with Crippen LogP contribution in [0.4, 0.5) is 10.8 Å². The van der Waals surface area contributed by atoms with Crippen LogP contribution >= 0.6 is 11.3 Å². The summed E-state index contributed by atoms with van der Waals surface area (Å²) >= 11 is 1.54. The van der Waals surface area contributed by atoms with Gasteiger partial charge in [-0.2, -0.15) is 4.73 Å². The first-order valence-corrected chi connectivity index (χ1v) is 7.07. The fourth-order valence-electron chi connectivity index (χ4n) is 1.89. The molecule has 2 heterocycles. The summed E-state index contributed by atoms with van der Waals surface area (Å²) in [5, 5.41) is 17.1. The second-order valence-electron chi connectivity index (χ2n) is 4.48. The highest BCUT2D eigenvalue weighted by atomic mass is 32.1. The lowest BCUT2D eigenvalue weighted by molar-refractivity contribution is -0.605. The number of hydrogen-bond donors (Lipinski definition) is 1. The van der Waals surface area contributed by atoms with E-state index in [4.69, 9.17) is 0 Å². The molecule has 0 unspecified atom stereocenters. The molecule has 0 aliphatic heterocycles. The highest BCUT2D eigenvalue weighted by molar-refractivity contribution is 7.14. The summed E-state index contributed by atoms with van der Waals surface area (Å²) in [5.41, 5.74) is 4.03. The van der Waals surface area contributed by atoms with Gasteiger partial charge in [-0.1, -0.05) is 12.1 Å². The molecule has 0 aliphatic carbocycles. The van der Waals surface area contributed by atoms with E-state index in [1.165, 1.54) is 18.0 Å². The summed E-state index contributed by atoms with van der Waals surface area (Å²) in [7, 11) is 0. The highest BCUT2D eigenvalue weighted by Gasteiger charge is 2.06. The number of pyridine rings is 1. The predicted octanol–water partition coefficient (Wildman–Crippen LogP) is 3.50. The average Bonchev–Trinajstić information content (AvgIpc) is 2.88. The van der Waals surface area contributed by atoms with E-state index in [9.17, 15) is 5.21 Å². The highest BCUT2D eigenvalue weighted by Crippen LogP contribution is 2.26. The first-order valence-electron chi connectivity index (χ1n) is 6.19. The zero-order chi connectivity index (χ0) is 13.9. The molecule has 3 aromatic rings. The molecule has 0 saturated heterocycles. The minimum Gasteiger partial charge on any atom is -0.619 e. The fraction of sp³-hybridized carbons (Fsp3) is 0.0667. The van der Waals surface area contributed by atoms with Gasteiger partial charge < -0.3 is 10.5 Å². The SMILES string of the molecule is Cc1cccc(Nc2nc(-c3cc[n+]([O-])cc3)cs2)c1. The number of nitrogens with zero attached hydrogens (tertiary/aromatic N) is 2.